The van der Waals surface area contributed by atoms with Crippen molar-refractivity contribution in [2.45, 2.75) is 65.0 Å². The van der Waals surface area contributed by atoms with Crippen molar-refractivity contribution in [3.05, 3.63) is 5.32 Å². The van der Waals surface area contributed by atoms with E-state index in [-0.39, 0.29) is 36.7 Å². The van der Waals surface area contributed by atoms with Crippen LogP contribution in [0.3, 0.4) is 0 Å². The molecule has 0 aromatic carbocycles. The summed E-state index contributed by atoms with van der Waals surface area (Å²) in [6.45, 7) is 9.47. The van der Waals surface area contributed by atoms with Crippen molar-refractivity contribution in [2.24, 2.45) is 0 Å². The Kier molecular flexibility index (Phi) is 12.4. The maximum atomic E-state index is 5.80. The average Bonchev–Trinajstić information content (AvgIpc) is 2.24. The molecule has 0 saturated carbocycles. The Labute approximate surface area is 119 Å². The fraction of sp³-hybridized carbons (Fsp3) is 1.00. The van der Waals surface area contributed by atoms with Crippen molar-refractivity contribution in [1.29, 1.82) is 0 Å². The predicted octanol–water partition coefficient (Wildman–Crippen LogP) is 3.75. The number of hydrogen-bond donors (Lipinski definition) is 0. The van der Waals surface area contributed by atoms with E-state index in [4.69, 9.17) is 4.74 Å². The van der Waals surface area contributed by atoms with Gasteiger partial charge in [-0.1, -0.05) is 40.0 Å². The van der Waals surface area contributed by atoms with E-state index in [1.807, 2.05) is 7.05 Å². The zero-order valence-corrected chi connectivity index (χ0v) is 15.1. The van der Waals surface area contributed by atoms with Crippen LogP contribution in [-0.4, -0.2) is 25.3 Å². The Hall–Kier alpha value is 0.972. The molecule has 2 unspecified atom stereocenters. The topological polar surface area (TPSA) is 23.3 Å². The molecule has 0 rings (SSSR count). The third kappa shape index (κ3) is 7.00. The molecule has 0 aliphatic carbocycles. The van der Waals surface area contributed by atoms with Crippen LogP contribution in [0.1, 0.15) is 53.4 Å². The molecule has 15 heavy (non-hydrogen) atoms. The van der Waals surface area contributed by atoms with Gasteiger partial charge in [0.15, 0.2) is 0 Å². The van der Waals surface area contributed by atoms with E-state index in [0.717, 1.165) is 25.9 Å². The molecule has 90 valence electrons. The van der Waals surface area contributed by atoms with E-state index in [9.17, 15) is 0 Å². The van der Waals surface area contributed by atoms with Gasteiger partial charge in [0.1, 0.15) is 0 Å². The van der Waals surface area contributed by atoms with Crippen molar-refractivity contribution in [3.63, 3.8) is 0 Å². The number of likely N-dealkylation sites (N-methyl/N-ethyl adjacent to an activating group) is 1. The van der Waals surface area contributed by atoms with Crippen LogP contribution >= 0.6 is 0 Å². The zero-order valence-electron chi connectivity index (χ0n) is 11.0. The third-order valence-corrected chi connectivity index (χ3v) is 3.06. The van der Waals surface area contributed by atoms with Gasteiger partial charge in [-0.25, -0.2) is 0 Å². The third-order valence-electron chi connectivity index (χ3n) is 3.06. The van der Waals surface area contributed by atoms with E-state index >= 15 is 0 Å². The summed E-state index contributed by atoms with van der Waals surface area (Å²) >= 11 is 0. The number of nitrogens with zero attached hydrogens (tertiary/aromatic N) is 1. The molecule has 0 aliphatic heterocycles. The molecular weight excluding hydrogens is 412 g/mol. The number of hydrogen-bond acceptors (Lipinski definition) is 1. The molecule has 0 fully saturated rings. The average molecular weight is 438 g/mol. The van der Waals surface area contributed by atoms with E-state index in [1.165, 1.54) is 6.42 Å². The van der Waals surface area contributed by atoms with Gasteiger partial charge in [-0.05, 0) is 13.3 Å². The predicted molar refractivity (Wildman–Crippen MR) is 62.9 cm³/mol. The largest absolute Gasteiger partial charge is 0.658 e. The van der Waals surface area contributed by atoms with Gasteiger partial charge in [-0.3, -0.25) is 0 Å². The summed E-state index contributed by atoms with van der Waals surface area (Å²) in [5, 5.41) is 4.51. The van der Waals surface area contributed by atoms with Crippen LogP contribution in [0, 0.1) is 31.1 Å². The molecule has 0 aromatic rings. The summed E-state index contributed by atoms with van der Waals surface area (Å²) in [4.78, 5) is 0. The van der Waals surface area contributed by atoms with E-state index in [1.54, 1.807) is 0 Å². The SMILES string of the molecule is CCCC(CC)(COC(C)CC)[N-]C.[U]. The van der Waals surface area contributed by atoms with Gasteiger partial charge in [0, 0.05) is 37.7 Å². The van der Waals surface area contributed by atoms with Gasteiger partial charge in [0.05, 0.1) is 6.10 Å². The molecular formula is C12H26NOU-. The van der Waals surface area contributed by atoms with Crippen molar-refractivity contribution in [3.8, 4) is 0 Å². The molecule has 0 radical (unpaired) electrons. The van der Waals surface area contributed by atoms with Crippen LogP contribution in [0.25, 0.3) is 5.32 Å². The maximum absolute atomic E-state index is 5.80. The van der Waals surface area contributed by atoms with Crippen LogP contribution in [0.4, 0.5) is 0 Å². The van der Waals surface area contributed by atoms with Gasteiger partial charge in [-0.15, -0.1) is 5.54 Å². The molecule has 2 atom stereocenters. The van der Waals surface area contributed by atoms with Gasteiger partial charge >= 0.3 is 0 Å². The first-order valence-corrected chi connectivity index (χ1v) is 5.86. The van der Waals surface area contributed by atoms with Crippen LogP contribution in [-0.2, 0) is 4.74 Å². The molecule has 0 spiro atoms. The van der Waals surface area contributed by atoms with Gasteiger partial charge in [0.25, 0.3) is 0 Å². The number of rotatable bonds is 8. The summed E-state index contributed by atoms with van der Waals surface area (Å²) in [5.41, 5.74) is 0.0676. The molecule has 0 bridgehead atoms. The Morgan fingerprint density at radius 2 is 1.87 bits per heavy atom. The second-order valence-corrected chi connectivity index (χ2v) is 4.08. The second-order valence-electron chi connectivity index (χ2n) is 4.08. The van der Waals surface area contributed by atoms with Gasteiger partial charge in [0.2, 0.25) is 0 Å². The molecule has 0 heterocycles. The summed E-state index contributed by atoms with van der Waals surface area (Å²) in [7, 11) is 1.92. The van der Waals surface area contributed by atoms with E-state index in [2.05, 4.69) is 33.0 Å². The first-order chi connectivity index (χ1) is 6.64. The van der Waals surface area contributed by atoms with Crippen molar-refractivity contribution >= 4 is 0 Å². The Bertz CT molecular complexity index is 138. The molecule has 2 nitrogen and oxygen atoms in total. The Morgan fingerprint density at radius 1 is 1.27 bits per heavy atom. The molecule has 0 aliphatic rings. The maximum Gasteiger partial charge on any atom is 0.0543 e. The van der Waals surface area contributed by atoms with Crippen LogP contribution in [0.15, 0.2) is 0 Å². The molecule has 0 aromatic heterocycles. The molecule has 0 amide bonds. The second kappa shape index (κ2) is 10.1. The fourth-order valence-electron chi connectivity index (χ4n) is 1.57. The minimum absolute atomic E-state index is 0. The van der Waals surface area contributed by atoms with E-state index in [0.29, 0.717) is 6.10 Å². The zero-order chi connectivity index (χ0) is 11.0. The summed E-state index contributed by atoms with van der Waals surface area (Å²) in [6.07, 6.45) is 4.83. The van der Waals surface area contributed by atoms with Crippen LogP contribution in [0.5, 0.6) is 0 Å². The van der Waals surface area contributed by atoms with Crippen LogP contribution < -0.4 is 0 Å². The molecule has 0 N–H and O–H groups in total. The fourth-order valence-corrected chi connectivity index (χ4v) is 1.57. The monoisotopic (exact) mass is 438 g/mol. The summed E-state index contributed by atoms with van der Waals surface area (Å²) < 4.78 is 5.80. The minimum atomic E-state index is 0. The first-order valence-electron chi connectivity index (χ1n) is 5.86. The van der Waals surface area contributed by atoms with Gasteiger partial charge in [-0.2, -0.15) is 7.05 Å². The normalized spacial score (nSPS) is 16.6. The van der Waals surface area contributed by atoms with Crippen LogP contribution in [0.2, 0.25) is 0 Å². The standard InChI is InChI=1S/C12H26NO.U/c1-6-9-12(8-3,13-5)10-14-11(4)7-2;/h11H,6-10H2,1-5H3;/q-1;. The van der Waals surface area contributed by atoms with E-state index < -0.39 is 0 Å². The van der Waals surface area contributed by atoms with Crippen molar-refractivity contribution in [2.75, 3.05) is 13.7 Å². The molecule has 0 saturated heterocycles. The summed E-state index contributed by atoms with van der Waals surface area (Å²) in [5.74, 6) is 0. The number of ether oxygens (including phenoxy) is 1. The van der Waals surface area contributed by atoms with Crippen molar-refractivity contribution < 1.29 is 35.9 Å². The molecule has 3 heteroatoms. The van der Waals surface area contributed by atoms with Gasteiger partial charge < -0.3 is 10.1 Å². The quantitative estimate of drug-likeness (QED) is 0.566. The van der Waals surface area contributed by atoms with Crippen molar-refractivity contribution in [1.82, 2.24) is 0 Å². The Morgan fingerprint density at radius 3 is 2.20 bits per heavy atom. The smallest absolute Gasteiger partial charge is 0.0543 e. The summed E-state index contributed by atoms with van der Waals surface area (Å²) in [6, 6.07) is 0. The minimum Gasteiger partial charge on any atom is -0.658 e. The first kappa shape index (κ1) is 18.3. The Balaban J connectivity index is 0.